The van der Waals surface area contributed by atoms with E-state index in [1.165, 1.54) is 20.3 Å². The number of rotatable bonds is 2. The Hall–Kier alpha value is 0.900. The molecule has 1 atom stereocenters. The van der Waals surface area contributed by atoms with Crippen LogP contribution in [0.4, 0.5) is 0 Å². The molecule has 0 aliphatic carbocycles. The minimum absolute atomic E-state index is 0.101. The van der Waals surface area contributed by atoms with E-state index in [2.05, 4.69) is 89.4 Å². The second kappa shape index (κ2) is 6.77. The normalized spacial score (nSPS) is 12.5. The molecule has 0 heterocycles. The minimum atomic E-state index is 0.101. The highest BCUT2D eigenvalue weighted by atomic mass is 127. The number of alkyl halides is 1. The second-order valence-electron chi connectivity index (χ2n) is 4.15. The summed E-state index contributed by atoms with van der Waals surface area (Å²) in [5.74, 6) is 0. The molecule has 0 saturated carbocycles. The summed E-state index contributed by atoms with van der Waals surface area (Å²) in [6.45, 7) is 2.07. The van der Waals surface area contributed by atoms with Gasteiger partial charge in [-0.1, -0.05) is 59.4 Å². The molecule has 0 aromatic heterocycles. The van der Waals surface area contributed by atoms with E-state index in [0.29, 0.717) is 0 Å². The quantitative estimate of drug-likeness (QED) is 0.260. The Morgan fingerprint density at radius 2 is 1.74 bits per heavy atom. The summed E-state index contributed by atoms with van der Waals surface area (Å²) < 4.78 is 3.38. The number of aryl methyl sites for hydroxylation is 1. The number of hydrogen-bond acceptors (Lipinski definition) is 0. The molecule has 0 bridgehead atoms. The molecule has 0 nitrogen and oxygen atoms in total. The van der Waals surface area contributed by atoms with E-state index in [1.807, 2.05) is 18.2 Å². The van der Waals surface area contributed by atoms with Crippen LogP contribution in [0.3, 0.4) is 0 Å². The van der Waals surface area contributed by atoms with Gasteiger partial charge in [0.1, 0.15) is 0 Å². The van der Waals surface area contributed by atoms with Crippen molar-refractivity contribution in [3.8, 4) is 0 Å². The molecule has 0 aliphatic heterocycles. The summed E-state index contributed by atoms with van der Waals surface area (Å²) in [4.78, 5) is 0.101. The van der Waals surface area contributed by atoms with E-state index < -0.39 is 0 Å². The van der Waals surface area contributed by atoms with Crippen molar-refractivity contribution >= 4 is 82.0 Å². The highest BCUT2D eigenvalue weighted by molar-refractivity contribution is 14.1. The third kappa shape index (κ3) is 3.76. The second-order valence-corrected chi connectivity index (χ2v) is 8.37. The summed E-state index contributed by atoms with van der Waals surface area (Å²) in [6, 6.07) is 10.2. The van der Waals surface area contributed by atoms with E-state index >= 15 is 0 Å². The monoisotopic (exact) mass is 576 g/mol. The zero-order valence-electron chi connectivity index (χ0n) is 9.85. The molecule has 2 aromatic carbocycles. The van der Waals surface area contributed by atoms with Crippen LogP contribution in [-0.2, 0) is 0 Å². The van der Waals surface area contributed by atoms with Gasteiger partial charge in [-0.2, -0.15) is 0 Å². The Kier molecular flexibility index (Phi) is 5.80. The smallest absolute Gasteiger partial charge is 0.0666 e. The fourth-order valence-corrected chi connectivity index (χ4v) is 5.10. The molecule has 0 saturated heterocycles. The Morgan fingerprint density at radius 3 is 2.42 bits per heavy atom. The van der Waals surface area contributed by atoms with E-state index in [-0.39, 0.29) is 4.83 Å². The molecule has 1 unspecified atom stereocenters. The first kappa shape index (κ1) is 16.3. The van der Waals surface area contributed by atoms with Crippen molar-refractivity contribution in [3.63, 3.8) is 0 Å². The van der Waals surface area contributed by atoms with E-state index in [0.717, 1.165) is 14.0 Å². The van der Waals surface area contributed by atoms with Gasteiger partial charge in [-0.05, 0) is 76.5 Å². The van der Waals surface area contributed by atoms with Gasteiger partial charge >= 0.3 is 0 Å². The highest BCUT2D eigenvalue weighted by Crippen LogP contribution is 2.40. The third-order valence-electron chi connectivity index (χ3n) is 2.78. The van der Waals surface area contributed by atoms with Crippen LogP contribution >= 0.6 is 82.0 Å². The van der Waals surface area contributed by atoms with Crippen molar-refractivity contribution in [1.29, 1.82) is 0 Å². The van der Waals surface area contributed by atoms with Gasteiger partial charge < -0.3 is 0 Å². The van der Waals surface area contributed by atoms with Crippen LogP contribution in [0, 0.1) is 10.5 Å². The van der Waals surface area contributed by atoms with Gasteiger partial charge in [-0.3, -0.25) is 0 Å². The lowest BCUT2D eigenvalue weighted by Crippen LogP contribution is -1.98. The lowest BCUT2D eigenvalue weighted by molar-refractivity contribution is 1.14. The topological polar surface area (TPSA) is 0 Å². The predicted octanol–water partition coefficient (Wildman–Crippen LogP) is 7.26. The van der Waals surface area contributed by atoms with Crippen molar-refractivity contribution in [2.24, 2.45) is 0 Å². The van der Waals surface area contributed by atoms with Gasteiger partial charge in [-0.25, -0.2) is 0 Å². The highest BCUT2D eigenvalue weighted by Gasteiger charge is 2.17. The SMILES string of the molecule is Cc1cc(Br)c(C(Br)c2cc(Cl)ccc2I)cc1Br. The summed E-state index contributed by atoms with van der Waals surface area (Å²) in [5, 5.41) is 0.752. The van der Waals surface area contributed by atoms with Gasteiger partial charge in [-0.15, -0.1) is 0 Å². The summed E-state index contributed by atoms with van der Waals surface area (Å²) in [6.07, 6.45) is 0. The molecule has 19 heavy (non-hydrogen) atoms. The Balaban J connectivity index is 2.52. The minimum Gasteiger partial charge on any atom is -0.0843 e. The van der Waals surface area contributed by atoms with Crippen LogP contribution in [0.15, 0.2) is 39.3 Å². The maximum atomic E-state index is 6.10. The molecule has 0 spiro atoms. The molecule has 2 rings (SSSR count). The first-order valence-electron chi connectivity index (χ1n) is 5.44. The van der Waals surface area contributed by atoms with Crippen molar-refractivity contribution in [1.82, 2.24) is 0 Å². The molecular weight excluding hydrogens is 570 g/mol. The van der Waals surface area contributed by atoms with Gasteiger partial charge in [0.15, 0.2) is 0 Å². The average Bonchev–Trinajstić information content (AvgIpc) is 2.36. The van der Waals surface area contributed by atoms with E-state index in [9.17, 15) is 0 Å². The molecule has 5 heteroatoms. The third-order valence-corrected chi connectivity index (χ3v) is 6.53. The van der Waals surface area contributed by atoms with E-state index in [1.54, 1.807) is 0 Å². The van der Waals surface area contributed by atoms with Gasteiger partial charge in [0.25, 0.3) is 0 Å². The van der Waals surface area contributed by atoms with Crippen LogP contribution < -0.4 is 0 Å². The van der Waals surface area contributed by atoms with Gasteiger partial charge in [0.2, 0.25) is 0 Å². The molecule has 0 fully saturated rings. The largest absolute Gasteiger partial charge is 0.0843 e. The van der Waals surface area contributed by atoms with Gasteiger partial charge in [0.05, 0.1) is 4.83 Å². The van der Waals surface area contributed by atoms with Crippen molar-refractivity contribution < 1.29 is 0 Å². The lowest BCUT2D eigenvalue weighted by atomic mass is 10.0. The van der Waals surface area contributed by atoms with Crippen LogP contribution in [-0.4, -0.2) is 0 Å². The van der Waals surface area contributed by atoms with Crippen LogP contribution in [0.2, 0.25) is 5.02 Å². The van der Waals surface area contributed by atoms with Crippen molar-refractivity contribution in [2.45, 2.75) is 11.8 Å². The van der Waals surface area contributed by atoms with Crippen LogP contribution in [0.1, 0.15) is 21.5 Å². The predicted molar refractivity (Wildman–Crippen MR) is 102 cm³/mol. The molecule has 2 aromatic rings. The van der Waals surface area contributed by atoms with Crippen molar-refractivity contribution in [3.05, 3.63) is 64.6 Å². The molecular formula is C14H9Br3ClI. The molecule has 0 radical (unpaired) electrons. The zero-order valence-corrected chi connectivity index (χ0v) is 17.5. The van der Waals surface area contributed by atoms with E-state index in [4.69, 9.17) is 11.6 Å². The average molecular weight is 579 g/mol. The Morgan fingerprint density at radius 1 is 1.05 bits per heavy atom. The fourth-order valence-electron chi connectivity index (χ4n) is 1.73. The molecule has 0 N–H and O–H groups in total. The summed E-state index contributed by atoms with van der Waals surface area (Å²) in [7, 11) is 0. The first-order chi connectivity index (χ1) is 8.90. The molecule has 100 valence electrons. The zero-order chi connectivity index (χ0) is 14.2. The van der Waals surface area contributed by atoms with Gasteiger partial charge in [0, 0.05) is 17.5 Å². The number of benzene rings is 2. The fraction of sp³-hybridized carbons (Fsp3) is 0.143. The summed E-state index contributed by atoms with van der Waals surface area (Å²) >= 11 is 19.4. The standard InChI is InChI=1S/C14H9Br3ClI/c1-7-4-12(16)9(6-11(7)15)14(17)10-5-8(18)2-3-13(10)19/h2-6,14H,1H3. The number of halogens is 5. The first-order valence-corrected chi connectivity index (χ1v) is 9.40. The maximum absolute atomic E-state index is 6.10. The molecule has 0 aliphatic rings. The summed E-state index contributed by atoms with van der Waals surface area (Å²) in [5.41, 5.74) is 3.55. The van der Waals surface area contributed by atoms with Crippen LogP contribution in [0.25, 0.3) is 0 Å². The Labute approximate surface area is 156 Å². The molecule has 0 amide bonds. The number of hydrogen-bond donors (Lipinski definition) is 0. The maximum Gasteiger partial charge on any atom is 0.0666 e. The van der Waals surface area contributed by atoms with Crippen LogP contribution in [0.5, 0.6) is 0 Å². The van der Waals surface area contributed by atoms with Crippen molar-refractivity contribution in [2.75, 3.05) is 0 Å². The Bertz CT molecular complexity index is 628. The lowest BCUT2D eigenvalue weighted by Gasteiger charge is -2.16.